The molecule has 0 aliphatic carbocycles. The highest BCUT2D eigenvalue weighted by atomic mass is 35.5. The van der Waals surface area contributed by atoms with Crippen LogP contribution in [-0.4, -0.2) is 24.6 Å². The molecule has 1 N–H and O–H groups in total. The van der Waals surface area contributed by atoms with Crippen molar-refractivity contribution in [3.63, 3.8) is 0 Å². The number of halogens is 2. The Kier molecular flexibility index (Phi) is 2.06. The van der Waals surface area contributed by atoms with Crippen molar-refractivity contribution < 1.29 is 0 Å². The maximum Gasteiger partial charge on any atom is 0.366 e. The minimum Gasteiger partial charge on any atom is -0.244 e. The summed E-state index contributed by atoms with van der Waals surface area (Å²) in [5, 5.41) is 9.02. The smallest absolute Gasteiger partial charge is 0.244 e. The molecule has 13 heavy (non-hydrogen) atoms. The molecule has 0 aliphatic heterocycles. The van der Waals surface area contributed by atoms with Gasteiger partial charge in [0, 0.05) is 0 Å². The lowest BCUT2D eigenvalue weighted by molar-refractivity contribution is 0.781. The van der Waals surface area contributed by atoms with Gasteiger partial charge in [-0.2, -0.15) is 9.06 Å². The molecule has 0 unspecified atom stereocenters. The van der Waals surface area contributed by atoms with Crippen LogP contribution in [0.5, 0.6) is 0 Å². The zero-order valence-corrected chi connectivity index (χ0v) is 8.19. The SMILES string of the molecule is O=c1[nH]nnn1-c1c(Cl)nsc1Cl. The van der Waals surface area contributed by atoms with E-state index in [-0.39, 0.29) is 10.8 Å². The summed E-state index contributed by atoms with van der Waals surface area (Å²) in [6.07, 6.45) is 0. The van der Waals surface area contributed by atoms with E-state index in [1.54, 1.807) is 0 Å². The Morgan fingerprint density at radius 2 is 2.23 bits per heavy atom. The first kappa shape index (κ1) is 8.67. The Labute approximate surface area is 85.2 Å². The average Bonchev–Trinajstić information content (AvgIpc) is 2.60. The number of hydrogen-bond acceptors (Lipinski definition) is 5. The molecule has 0 fully saturated rings. The summed E-state index contributed by atoms with van der Waals surface area (Å²) in [5.41, 5.74) is -0.254. The van der Waals surface area contributed by atoms with Gasteiger partial charge in [-0.3, -0.25) is 0 Å². The predicted molar refractivity (Wildman–Crippen MR) is 47.7 cm³/mol. The standard InChI is InChI=1S/C4HCl2N5OS/c5-2-1(3(6)13-8-2)11-4(12)7-9-10-11/h(H,7,10,12). The van der Waals surface area contributed by atoms with Gasteiger partial charge in [0.05, 0.1) is 0 Å². The van der Waals surface area contributed by atoms with E-state index in [1.807, 2.05) is 0 Å². The van der Waals surface area contributed by atoms with Crippen LogP contribution in [0, 0.1) is 0 Å². The summed E-state index contributed by atoms with van der Waals surface area (Å²) in [5.74, 6) is 0. The van der Waals surface area contributed by atoms with Gasteiger partial charge in [-0.15, -0.1) is 0 Å². The molecule has 0 aromatic carbocycles. The molecule has 9 heteroatoms. The highest BCUT2D eigenvalue weighted by Gasteiger charge is 2.15. The van der Waals surface area contributed by atoms with Crippen molar-refractivity contribution in [3.8, 4) is 5.69 Å². The molecule has 0 radical (unpaired) electrons. The third-order valence-corrected chi connectivity index (χ3v) is 2.65. The van der Waals surface area contributed by atoms with Crippen LogP contribution in [0.1, 0.15) is 0 Å². The van der Waals surface area contributed by atoms with Gasteiger partial charge in [-0.25, -0.2) is 9.89 Å². The maximum absolute atomic E-state index is 11.1. The first-order valence-electron chi connectivity index (χ1n) is 3.01. The molecule has 0 saturated heterocycles. The van der Waals surface area contributed by atoms with Crippen molar-refractivity contribution in [2.24, 2.45) is 0 Å². The Morgan fingerprint density at radius 3 is 2.69 bits per heavy atom. The molecule has 2 heterocycles. The zero-order chi connectivity index (χ0) is 9.42. The number of aromatic nitrogens is 5. The van der Waals surface area contributed by atoms with Gasteiger partial charge in [0.15, 0.2) is 5.15 Å². The van der Waals surface area contributed by atoms with Crippen LogP contribution >= 0.6 is 34.7 Å². The van der Waals surface area contributed by atoms with Crippen LogP contribution in [0.15, 0.2) is 4.79 Å². The van der Waals surface area contributed by atoms with Gasteiger partial charge in [-0.1, -0.05) is 23.2 Å². The lowest BCUT2D eigenvalue weighted by atomic mass is 10.6. The van der Waals surface area contributed by atoms with Gasteiger partial charge in [0.25, 0.3) is 0 Å². The molecular formula is C4HCl2N5OS. The fourth-order valence-electron chi connectivity index (χ4n) is 0.762. The normalized spacial score (nSPS) is 10.6. The van der Waals surface area contributed by atoms with Crippen molar-refractivity contribution in [1.82, 2.24) is 24.6 Å². The number of rotatable bonds is 1. The minimum atomic E-state index is -0.510. The summed E-state index contributed by atoms with van der Waals surface area (Å²) in [7, 11) is 0. The van der Waals surface area contributed by atoms with Crippen LogP contribution in [0.4, 0.5) is 0 Å². The molecule has 0 aliphatic rings. The second-order valence-corrected chi connectivity index (χ2v) is 3.75. The van der Waals surface area contributed by atoms with Gasteiger partial charge in [-0.05, 0) is 22.0 Å². The Bertz CT molecular complexity index is 467. The van der Waals surface area contributed by atoms with E-state index in [2.05, 4.69) is 19.9 Å². The number of nitrogens with one attached hydrogen (secondary N) is 1. The quantitative estimate of drug-likeness (QED) is 0.793. The summed E-state index contributed by atoms with van der Waals surface area (Å²) in [6, 6.07) is 0. The van der Waals surface area contributed by atoms with Crippen LogP contribution in [-0.2, 0) is 0 Å². The fraction of sp³-hybridized carbons (Fsp3) is 0. The first-order chi connectivity index (χ1) is 6.20. The van der Waals surface area contributed by atoms with E-state index < -0.39 is 5.69 Å². The number of tetrazole rings is 1. The Balaban J connectivity index is 2.71. The highest BCUT2D eigenvalue weighted by Crippen LogP contribution is 2.29. The van der Waals surface area contributed by atoms with E-state index in [4.69, 9.17) is 23.2 Å². The topological polar surface area (TPSA) is 76.5 Å². The molecule has 68 valence electrons. The van der Waals surface area contributed by atoms with Crippen molar-refractivity contribution >= 4 is 34.7 Å². The lowest BCUT2D eigenvalue weighted by Gasteiger charge is -1.92. The van der Waals surface area contributed by atoms with Gasteiger partial charge in [0.2, 0.25) is 0 Å². The summed E-state index contributed by atoms with van der Waals surface area (Å²) in [6.45, 7) is 0. The molecule has 0 spiro atoms. The van der Waals surface area contributed by atoms with Gasteiger partial charge in [0.1, 0.15) is 10.0 Å². The van der Waals surface area contributed by atoms with Crippen LogP contribution in [0.25, 0.3) is 5.69 Å². The zero-order valence-electron chi connectivity index (χ0n) is 5.86. The molecule has 6 nitrogen and oxygen atoms in total. The monoisotopic (exact) mass is 237 g/mol. The van der Waals surface area contributed by atoms with Crippen LogP contribution in [0.2, 0.25) is 9.49 Å². The van der Waals surface area contributed by atoms with E-state index in [0.717, 1.165) is 16.2 Å². The van der Waals surface area contributed by atoms with E-state index in [1.165, 1.54) is 0 Å². The van der Waals surface area contributed by atoms with Crippen molar-refractivity contribution in [2.45, 2.75) is 0 Å². The third kappa shape index (κ3) is 1.34. The predicted octanol–water partition coefficient (Wildman–Crippen LogP) is 0.719. The average molecular weight is 238 g/mol. The molecule has 0 atom stereocenters. The Morgan fingerprint density at radius 1 is 1.46 bits per heavy atom. The summed E-state index contributed by atoms with van der Waals surface area (Å²) in [4.78, 5) is 11.1. The van der Waals surface area contributed by atoms with Crippen LogP contribution < -0.4 is 5.69 Å². The van der Waals surface area contributed by atoms with Gasteiger partial charge < -0.3 is 0 Å². The second kappa shape index (κ2) is 3.09. The third-order valence-electron chi connectivity index (χ3n) is 1.27. The molecule has 2 aromatic heterocycles. The van der Waals surface area contributed by atoms with Crippen LogP contribution in [0.3, 0.4) is 0 Å². The number of hydrogen-bond donors (Lipinski definition) is 1. The molecule has 0 bridgehead atoms. The summed E-state index contributed by atoms with van der Waals surface area (Å²) < 4.78 is 4.99. The number of H-pyrrole nitrogens is 1. The number of aromatic amines is 1. The van der Waals surface area contributed by atoms with E-state index >= 15 is 0 Å². The maximum atomic E-state index is 11.1. The highest BCUT2D eigenvalue weighted by molar-refractivity contribution is 7.11. The second-order valence-electron chi connectivity index (χ2n) is 2.01. The molecule has 0 amide bonds. The summed E-state index contributed by atoms with van der Waals surface area (Å²) >= 11 is 12.4. The molecular weight excluding hydrogens is 237 g/mol. The van der Waals surface area contributed by atoms with Gasteiger partial charge >= 0.3 is 5.69 Å². The number of nitrogens with zero attached hydrogens (tertiary/aromatic N) is 4. The molecule has 0 saturated carbocycles. The van der Waals surface area contributed by atoms with E-state index in [0.29, 0.717) is 4.34 Å². The largest absolute Gasteiger partial charge is 0.366 e. The van der Waals surface area contributed by atoms with Crippen molar-refractivity contribution in [1.29, 1.82) is 0 Å². The Hall–Kier alpha value is -0.920. The molecule has 2 aromatic rings. The van der Waals surface area contributed by atoms with Crippen molar-refractivity contribution in [3.05, 3.63) is 20.0 Å². The molecule has 2 rings (SSSR count). The minimum absolute atomic E-state index is 0.131. The fourth-order valence-corrected chi connectivity index (χ4v) is 1.93. The first-order valence-corrected chi connectivity index (χ1v) is 4.54. The van der Waals surface area contributed by atoms with Crippen molar-refractivity contribution in [2.75, 3.05) is 0 Å². The lowest BCUT2D eigenvalue weighted by Crippen LogP contribution is -2.15. The van der Waals surface area contributed by atoms with E-state index in [9.17, 15) is 4.79 Å².